The van der Waals surface area contributed by atoms with E-state index in [1.807, 2.05) is 18.2 Å². The zero-order valence-electron chi connectivity index (χ0n) is 7.49. The lowest BCUT2D eigenvalue weighted by Gasteiger charge is -2.07. The van der Waals surface area contributed by atoms with Gasteiger partial charge in [-0.2, -0.15) is 0 Å². The molecule has 0 unspecified atom stereocenters. The van der Waals surface area contributed by atoms with E-state index in [1.54, 1.807) is 12.2 Å². The molecular formula is C12H12O. The van der Waals surface area contributed by atoms with Crippen molar-refractivity contribution in [3.05, 3.63) is 55.3 Å². The van der Waals surface area contributed by atoms with Crippen molar-refractivity contribution in [1.82, 2.24) is 0 Å². The molecule has 0 saturated heterocycles. The molecule has 0 bridgehead atoms. The summed E-state index contributed by atoms with van der Waals surface area (Å²) >= 11 is 0. The van der Waals surface area contributed by atoms with Crippen LogP contribution in [-0.2, 0) is 0 Å². The smallest absolute Gasteiger partial charge is 0.134 e. The van der Waals surface area contributed by atoms with Gasteiger partial charge in [0, 0.05) is 5.56 Å². The predicted octanol–water partition coefficient (Wildman–Crippen LogP) is 3.49. The molecule has 0 fully saturated rings. The molecule has 0 heterocycles. The fourth-order valence-electron chi connectivity index (χ4n) is 1.15. The van der Waals surface area contributed by atoms with Gasteiger partial charge in [-0.25, -0.2) is 0 Å². The van der Waals surface area contributed by atoms with E-state index in [2.05, 4.69) is 19.7 Å². The normalized spacial score (nSPS) is 8.92. The summed E-state index contributed by atoms with van der Waals surface area (Å²) in [5, 5.41) is 0. The first-order valence-electron chi connectivity index (χ1n) is 3.99. The minimum Gasteiger partial charge on any atom is -0.465 e. The van der Waals surface area contributed by atoms with Crippen LogP contribution >= 0.6 is 0 Å². The van der Waals surface area contributed by atoms with Crippen molar-refractivity contribution in [3.8, 4) is 5.75 Å². The Morgan fingerprint density at radius 2 is 1.85 bits per heavy atom. The van der Waals surface area contributed by atoms with Crippen LogP contribution in [0.1, 0.15) is 11.1 Å². The van der Waals surface area contributed by atoms with Crippen LogP contribution < -0.4 is 4.74 Å². The molecule has 0 aliphatic carbocycles. The molecule has 0 radical (unpaired) electrons. The van der Waals surface area contributed by atoms with Gasteiger partial charge in [-0.3, -0.25) is 0 Å². The highest BCUT2D eigenvalue weighted by atomic mass is 16.5. The van der Waals surface area contributed by atoms with Crippen molar-refractivity contribution in [2.45, 2.75) is 0 Å². The third-order valence-corrected chi connectivity index (χ3v) is 1.73. The van der Waals surface area contributed by atoms with Gasteiger partial charge in [0.25, 0.3) is 0 Å². The maximum atomic E-state index is 5.22. The lowest BCUT2D eigenvalue weighted by Crippen LogP contribution is -1.87. The summed E-state index contributed by atoms with van der Waals surface area (Å²) in [4.78, 5) is 0. The molecule has 0 aliphatic rings. The van der Waals surface area contributed by atoms with Crippen LogP contribution in [0.5, 0.6) is 5.75 Å². The van der Waals surface area contributed by atoms with Gasteiger partial charge in [0.15, 0.2) is 0 Å². The van der Waals surface area contributed by atoms with Gasteiger partial charge < -0.3 is 4.74 Å². The van der Waals surface area contributed by atoms with Gasteiger partial charge in [0.05, 0.1) is 6.26 Å². The van der Waals surface area contributed by atoms with Crippen LogP contribution in [0.4, 0.5) is 0 Å². The Morgan fingerprint density at radius 3 is 2.38 bits per heavy atom. The molecule has 1 nitrogen and oxygen atoms in total. The van der Waals surface area contributed by atoms with E-state index in [-0.39, 0.29) is 0 Å². The molecule has 0 atom stereocenters. The second kappa shape index (κ2) is 4.31. The van der Waals surface area contributed by atoms with Crippen LogP contribution in [0.15, 0.2) is 44.2 Å². The molecule has 0 amide bonds. The van der Waals surface area contributed by atoms with E-state index in [9.17, 15) is 0 Å². The molecule has 0 aromatic heterocycles. The van der Waals surface area contributed by atoms with Crippen molar-refractivity contribution in [1.29, 1.82) is 0 Å². The first-order chi connectivity index (χ1) is 6.33. The van der Waals surface area contributed by atoms with Crippen LogP contribution in [-0.4, -0.2) is 0 Å². The van der Waals surface area contributed by atoms with E-state index in [4.69, 9.17) is 4.74 Å². The Kier molecular flexibility index (Phi) is 3.09. The SMILES string of the molecule is C=COc1cccc(C=C)c1C=C. The highest BCUT2D eigenvalue weighted by Gasteiger charge is 2.01. The lowest BCUT2D eigenvalue weighted by molar-refractivity contribution is 0.482. The molecule has 0 aliphatic heterocycles. The highest BCUT2D eigenvalue weighted by molar-refractivity contribution is 5.68. The zero-order valence-corrected chi connectivity index (χ0v) is 7.49. The number of benzene rings is 1. The van der Waals surface area contributed by atoms with Gasteiger partial charge in [0.1, 0.15) is 5.75 Å². The summed E-state index contributed by atoms with van der Waals surface area (Å²) in [5.74, 6) is 0.752. The summed E-state index contributed by atoms with van der Waals surface area (Å²) < 4.78 is 5.22. The predicted molar refractivity (Wildman–Crippen MR) is 57.4 cm³/mol. The first kappa shape index (κ1) is 9.33. The molecule has 1 rings (SSSR count). The van der Waals surface area contributed by atoms with Gasteiger partial charge in [-0.1, -0.05) is 44.0 Å². The summed E-state index contributed by atoms with van der Waals surface area (Å²) in [5.41, 5.74) is 1.95. The lowest BCUT2D eigenvalue weighted by atomic mass is 10.1. The Labute approximate surface area is 78.7 Å². The second-order valence-electron chi connectivity index (χ2n) is 2.45. The minimum atomic E-state index is 0.752. The number of rotatable bonds is 4. The summed E-state index contributed by atoms with van der Waals surface area (Å²) in [6.45, 7) is 10.9. The van der Waals surface area contributed by atoms with Gasteiger partial charge in [0.2, 0.25) is 0 Å². The monoisotopic (exact) mass is 172 g/mol. The fraction of sp³-hybridized carbons (Fsp3) is 0. The topological polar surface area (TPSA) is 9.23 Å². The van der Waals surface area contributed by atoms with Crippen LogP contribution in [0.3, 0.4) is 0 Å². The van der Waals surface area contributed by atoms with Crippen LogP contribution in [0.25, 0.3) is 12.2 Å². The van der Waals surface area contributed by atoms with E-state index in [1.165, 1.54) is 6.26 Å². The van der Waals surface area contributed by atoms with Crippen molar-refractivity contribution >= 4 is 12.2 Å². The summed E-state index contributed by atoms with van der Waals surface area (Å²) in [7, 11) is 0. The standard InChI is InChI=1S/C12H12O/c1-4-10-8-7-9-12(13-6-3)11(10)5-2/h4-9H,1-3H2. The fourth-order valence-corrected chi connectivity index (χ4v) is 1.15. The molecule has 1 heteroatoms. The minimum absolute atomic E-state index is 0.752. The second-order valence-corrected chi connectivity index (χ2v) is 2.45. The molecule has 1 aromatic carbocycles. The third-order valence-electron chi connectivity index (χ3n) is 1.73. The Morgan fingerprint density at radius 1 is 1.08 bits per heavy atom. The number of ether oxygens (including phenoxy) is 1. The Bertz CT molecular complexity index is 337. The molecule has 66 valence electrons. The molecular weight excluding hydrogens is 160 g/mol. The van der Waals surface area contributed by atoms with E-state index in [0.717, 1.165) is 16.9 Å². The maximum Gasteiger partial charge on any atom is 0.134 e. The number of hydrogen-bond acceptors (Lipinski definition) is 1. The quantitative estimate of drug-likeness (QED) is 0.631. The van der Waals surface area contributed by atoms with Crippen LogP contribution in [0, 0.1) is 0 Å². The van der Waals surface area contributed by atoms with Gasteiger partial charge >= 0.3 is 0 Å². The summed E-state index contributed by atoms with van der Waals surface area (Å²) in [6, 6.07) is 5.73. The largest absolute Gasteiger partial charge is 0.465 e. The van der Waals surface area contributed by atoms with Crippen LogP contribution in [0.2, 0.25) is 0 Å². The van der Waals surface area contributed by atoms with E-state index >= 15 is 0 Å². The molecule has 0 spiro atoms. The number of hydrogen-bond donors (Lipinski definition) is 0. The van der Waals surface area contributed by atoms with E-state index in [0.29, 0.717) is 0 Å². The van der Waals surface area contributed by atoms with Crippen molar-refractivity contribution in [2.24, 2.45) is 0 Å². The Balaban J connectivity index is 3.25. The maximum absolute atomic E-state index is 5.22. The molecule has 1 aromatic rings. The van der Waals surface area contributed by atoms with Gasteiger partial charge in [-0.05, 0) is 11.6 Å². The zero-order chi connectivity index (χ0) is 9.68. The average molecular weight is 172 g/mol. The first-order valence-corrected chi connectivity index (χ1v) is 3.99. The highest BCUT2D eigenvalue weighted by Crippen LogP contribution is 2.24. The van der Waals surface area contributed by atoms with Gasteiger partial charge in [-0.15, -0.1) is 0 Å². The van der Waals surface area contributed by atoms with E-state index < -0.39 is 0 Å². The third kappa shape index (κ3) is 1.88. The van der Waals surface area contributed by atoms with Crippen molar-refractivity contribution < 1.29 is 4.74 Å². The van der Waals surface area contributed by atoms with Crippen molar-refractivity contribution in [2.75, 3.05) is 0 Å². The summed E-state index contributed by atoms with van der Waals surface area (Å²) in [6.07, 6.45) is 4.91. The molecule has 0 saturated carbocycles. The van der Waals surface area contributed by atoms with Crippen molar-refractivity contribution in [3.63, 3.8) is 0 Å². The molecule has 0 N–H and O–H groups in total. The average Bonchev–Trinajstić information content (AvgIpc) is 2.18. The Hall–Kier alpha value is -1.76. The molecule has 13 heavy (non-hydrogen) atoms.